The maximum absolute atomic E-state index is 15.2. The summed E-state index contributed by atoms with van der Waals surface area (Å²) in [5, 5.41) is 9.31. The Balaban J connectivity index is 1.45. The van der Waals surface area contributed by atoms with Gasteiger partial charge in [0, 0.05) is 23.7 Å². The Labute approximate surface area is 256 Å². The van der Waals surface area contributed by atoms with Crippen LogP contribution in [-0.2, 0) is 11.0 Å². The summed E-state index contributed by atoms with van der Waals surface area (Å²) in [5.74, 6) is -4.01. The number of nitrogens with zero attached hydrogens (tertiary/aromatic N) is 6. The molecule has 0 saturated heterocycles. The summed E-state index contributed by atoms with van der Waals surface area (Å²) in [6.07, 6.45) is -0.407. The summed E-state index contributed by atoms with van der Waals surface area (Å²) in [6, 6.07) is 9.24. The van der Waals surface area contributed by atoms with Gasteiger partial charge in [0.15, 0.2) is 17.3 Å². The summed E-state index contributed by atoms with van der Waals surface area (Å²) in [4.78, 5) is 35.1. The molecule has 3 aromatic heterocycles. The summed E-state index contributed by atoms with van der Waals surface area (Å²) >= 11 is 0. The van der Waals surface area contributed by atoms with E-state index >= 15 is 4.39 Å². The minimum atomic E-state index is -4.84. The SMILES string of the molecule is C[C@@H]1CCC[C@H](n2cnc(-c3c(-n4cc(C(F)(F)F)nn4)ccc(F)c3F)cc2=O)c2ccnc(c2)-c2cc(F)ccc2NC1=O. The number of anilines is 1. The fourth-order valence-electron chi connectivity index (χ4n) is 5.38. The van der Waals surface area contributed by atoms with E-state index < -0.39 is 52.4 Å². The Hall–Kier alpha value is -5.34. The summed E-state index contributed by atoms with van der Waals surface area (Å²) in [5.41, 5.74) is -1.66. The van der Waals surface area contributed by atoms with Crippen molar-refractivity contribution in [2.45, 2.75) is 38.4 Å². The molecule has 2 bridgehead atoms. The number of benzene rings is 2. The van der Waals surface area contributed by atoms with Crippen molar-refractivity contribution in [3.05, 3.63) is 106 Å². The Morgan fingerprint density at radius 1 is 0.935 bits per heavy atom. The number of fused-ring (bicyclic) bond motifs is 4. The predicted molar refractivity (Wildman–Crippen MR) is 153 cm³/mol. The van der Waals surface area contributed by atoms with Gasteiger partial charge in [0.05, 0.1) is 46.9 Å². The molecule has 15 heteroatoms. The number of carbonyl (C=O) groups is 1. The van der Waals surface area contributed by atoms with Gasteiger partial charge in [-0.2, -0.15) is 13.2 Å². The molecule has 0 radical (unpaired) electrons. The average Bonchev–Trinajstić information content (AvgIpc) is 3.52. The van der Waals surface area contributed by atoms with E-state index in [1.54, 1.807) is 19.1 Å². The monoisotopic (exact) mass is 639 g/mol. The molecule has 5 aromatic rings. The fraction of sp³-hybridized carbons (Fsp3) is 0.226. The van der Waals surface area contributed by atoms with E-state index in [2.05, 4.69) is 25.6 Å². The molecule has 0 saturated carbocycles. The largest absolute Gasteiger partial charge is 0.436 e. The Bertz CT molecular complexity index is 2020. The van der Waals surface area contributed by atoms with E-state index in [9.17, 15) is 31.5 Å². The van der Waals surface area contributed by atoms with Crippen molar-refractivity contribution in [3.8, 4) is 28.2 Å². The second kappa shape index (κ2) is 11.9. The molecule has 46 heavy (non-hydrogen) atoms. The number of hydrogen-bond donors (Lipinski definition) is 1. The number of nitrogens with one attached hydrogen (secondary N) is 1. The van der Waals surface area contributed by atoms with Crippen LogP contribution in [0.15, 0.2) is 72.0 Å². The van der Waals surface area contributed by atoms with Crippen molar-refractivity contribution in [3.63, 3.8) is 0 Å². The summed E-state index contributed by atoms with van der Waals surface area (Å²) < 4.78 is 85.3. The minimum Gasteiger partial charge on any atom is -0.325 e. The highest BCUT2D eigenvalue weighted by Gasteiger charge is 2.35. The van der Waals surface area contributed by atoms with Gasteiger partial charge in [-0.3, -0.25) is 19.1 Å². The molecule has 6 rings (SSSR count). The number of amides is 1. The normalized spacial score (nSPS) is 17.1. The molecule has 2 atom stereocenters. The van der Waals surface area contributed by atoms with Crippen LogP contribution >= 0.6 is 0 Å². The summed E-state index contributed by atoms with van der Waals surface area (Å²) in [7, 11) is 0. The van der Waals surface area contributed by atoms with Crippen LogP contribution in [0, 0.1) is 23.4 Å². The first-order valence-electron chi connectivity index (χ1n) is 14.0. The number of hydrogen-bond acceptors (Lipinski definition) is 6. The first-order chi connectivity index (χ1) is 21.9. The molecular weight excluding hydrogens is 616 g/mol. The molecule has 236 valence electrons. The van der Waals surface area contributed by atoms with E-state index in [0.29, 0.717) is 58.7 Å². The van der Waals surface area contributed by atoms with Crippen LogP contribution in [0.2, 0.25) is 0 Å². The molecule has 9 nitrogen and oxygen atoms in total. The highest BCUT2D eigenvalue weighted by Crippen LogP contribution is 2.35. The zero-order chi connectivity index (χ0) is 32.7. The lowest BCUT2D eigenvalue weighted by atomic mass is 9.94. The maximum atomic E-state index is 15.2. The lowest BCUT2D eigenvalue weighted by molar-refractivity contribution is -0.141. The van der Waals surface area contributed by atoms with Crippen LogP contribution in [0.25, 0.3) is 28.2 Å². The molecule has 4 heterocycles. The number of pyridine rings is 1. The van der Waals surface area contributed by atoms with E-state index in [1.165, 1.54) is 29.0 Å². The van der Waals surface area contributed by atoms with Crippen molar-refractivity contribution >= 4 is 11.6 Å². The highest BCUT2D eigenvalue weighted by molar-refractivity contribution is 5.96. The fourth-order valence-corrected chi connectivity index (χ4v) is 5.38. The third-order valence-corrected chi connectivity index (χ3v) is 7.78. The second-order valence-electron chi connectivity index (χ2n) is 10.8. The average molecular weight is 640 g/mol. The van der Waals surface area contributed by atoms with Crippen molar-refractivity contribution in [2.24, 2.45) is 5.92 Å². The first-order valence-corrected chi connectivity index (χ1v) is 14.0. The van der Waals surface area contributed by atoms with Gasteiger partial charge < -0.3 is 5.32 Å². The standard InChI is InChI=1S/C31H23F6N7O2/c1-16-3-2-4-24(17-9-10-38-22(11-17)19-12-18(32)5-7-21(19)40-30(16)46)43-15-39-23(13-27(43)45)28-25(8-6-20(33)29(28)34)44-14-26(41-42-44)31(35,36)37/h5-16,24H,2-4H2,1H3,(H,40,46)/t16-,24+/m1/s1. The number of carbonyl (C=O) groups excluding carboxylic acids is 1. The predicted octanol–water partition coefficient (Wildman–Crippen LogP) is 6.34. The van der Waals surface area contributed by atoms with Crippen molar-refractivity contribution in [2.75, 3.05) is 5.32 Å². The van der Waals surface area contributed by atoms with E-state index in [1.807, 2.05) is 0 Å². The molecular formula is C31H23F6N7O2. The second-order valence-corrected chi connectivity index (χ2v) is 10.8. The summed E-state index contributed by atoms with van der Waals surface area (Å²) in [6.45, 7) is 1.75. The van der Waals surface area contributed by atoms with Crippen LogP contribution in [-0.4, -0.2) is 35.4 Å². The van der Waals surface area contributed by atoms with Gasteiger partial charge in [0.1, 0.15) is 5.82 Å². The van der Waals surface area contributed by atoms with Gasteiger partial charge >= 0.3 is 6.18 Å². The molecule has 0 spiro atoms. The van der Waals surface area contributed by atoms with Gasteiger partial charge in [-0.05, 0) is 60.9 Å². The lowest BCUT2D eigenvalue weighted by Gasteiger charge is -2.23. The van der Waals surface area contributed by atoms with E-state index in [0.717, 1.165) is 18.5 Å². The van der Waals surface area contributed by atoms with Crippen LogP contribution in [0.5, 0.6) is 0 Å². The molecule has 1 N–H and O–H groups in total. The molecule has 1 aliphatic rings. The Morgan fingerprint density at radius 3 is 2.48 bits per heavy atom. The van der Waals surface area contributed by atoms with Crippen LogP contribution in [0.3, 0.4) is 0 Å². The molecule has 0 fully saturated rings. The molecule has 2 aromatic carbocycles. The first kappa shape index (κ1) is 30.7. The molecule has 1 aliphatic heterocycles. The number of halogens is 6. The minimum absolute atomic E-state index is 0.271. The smallest absolute Gasteiger partial charge is 0.325 e. The van der Waals surface area contributed by atoms with Gasteiger partial charge in [-0.15, -0.1) is 5.10 Å². The molecule has 0 aliphatic carbocycles. The Kier molecular flexibility index (Phi) is 7.92. The topological polar surface area (TPSA) is 108 Å². The van der Waals surface area contributed by atoms with Gasteiger partial charge in [0.25, 0.3) is 5.56 Å². The quantitative estimate of drug-likeness (QED) is 0.231. The third-order valence-electron chi connectivity index (χ3n) is 7.78. The number of aromatic nitrogens is 6. The van der Waals surface area contributed by atoms with Crippen LogP contribution < -0.4 is 10.9 Å². The van der Waals surface area contributed by atoms with Gasteiger partial charge in [0.2, 0.25) is 5.91 Å². The third kappa shape index (κ3) is 5.87. The van der Waals surface area contributed by atoms with Gasteiger partial charge in [-0.1, -0.05) is 18.6 Å². The maximum Gasteiger partial charge on any atom is 0.436 e. The number of alkyl halides is 3. The Morgan fingerprint density at radius 2 is 1.74 bits per heavy atom. The molecule has 1 amide bonds. The van der Waals surface area contributed by atoms with Crippen molar-refractivity contribution in [1.29, 1.82) is 0 Å². The van der Waals surface area contributed by atoms with Crippen LogP contribution in [0.1, 0.15) is 43.5 Å². The zero-order valence-electron chi connectivity index (χ0n) is 23.9. The van der Waals surface area contributed by atoms with Crippen molar-refractivity contribution < 1.29 is 31.1 Å². The highest BCUT2D eigenvalue weighted by atomic mass is 19.4. The van der Waals surface area contributed by atoms with E-state index in [4.69, 9.17) is 0 Å². The van der Waals surface area contributed by atoms with Crippen LogP contribution in [0.4, 0.5) is 32.0 Å². The van der Waals surface area contributed by atoms with Gasteiger partial charge in [-0.25, -0.2) is 22.8 Å². The number of rotatable bonds is 3. The lowest BCUT2D eigenvalue weighted by Crippen LogP contribution is -2.27. The van der Waals surface area contributed by atoms with E-state index in [-0.39, 0.29) is 17.3 Å². The van der Waals surface area contributed by atoms with Crippen molar-refractivity contribution in [1.82, 2.24) is 29.5 Å². The zero-order valence-corrected chi connectivity index (χ0v) is 23.9. The molecule has 0 unspecified atom stereocenters.